The van der Waals surface area contributed by atoms with E-state index in [-0.39, 0.29) is 17.9 Å². The van der Waals surface area contributed by atoms with Gasteiger partial charge in [0, 0.05) is 29.7 Å². The molecule has 4 rings (SSSR count). The average molecular weight is 437 g/mol. The number of carbonyl (C=O) groups excluding carboxylic acids is 2. The Labute approximate surface area is 186 Å². The predicted octanol–water partition coefficient (Wildman–Crippen LogP) is 4.05. The third kappa shape index (κ3) is 4.42. The first-order valence-electron chi connectivity index (χ1n) is 10.6. The van der Waals surface area contributed by atoms with Crippen molar-refractivity contribution >= 4 is 23.2 Å². The Hall–Kier alpha value is -2.93. The number of carbonyl (C=O) groups is 2. The van der Waals surface area contributed by atoms with Crippen molar-refractivity contribution in [1.29, 1.82) is 0 Å². The summed E-state index contributed by atoms with van der Waals surface area (Å²) in [6.07, 6.45) is 2.81. The van der Waals surface area contributed by atoms with E-state index in [9.17, 15) is 9.59 Å². The van der Waals surface area contributed by atoms with Gasteiger partial charge in [-0.05, 0) is 56.2 Å². The first-order chi connectivity index (χ1) is 14.9. The summed E-state index contributed by atoms with van der Waals surface area (Å²) in [5.74, 6) is -0.0532. The molecule has 0 unspecified atom stereocenters. The number of amides is 2. The smallest absolute Gasteiger partial charge is 0.257 e. The average Bonchev–Trinajstić information content (AvgIpc) is 3.49. The van der Waals surface area contributed by atoms with Crippen LogP contribution in [0.1, 0.15) is 41.9 Å². The molecule has 7 heteroatoms. The summed E-state index contributed by atoms with van der Waals surface area (Å²) in [6.45, 7) is 6.73. The molecule has 1 aliphatic heterocycles. The molecular formula is C24H28N4O2S. The lowest BCUT2D eigenvalue weighted by atomic mass is 9.79. The van der Waals surface area contributed by atoms with Crippen molar-refractivity contribution in [2.45, 2.75) is 39.7 Å². The fourth-order valence-corrected chi connectivity index (χ4v) is 4.96. The molecule has 3 aromatic rings. The van der Waals surface area contributed by atoms with E-state index in [0.717, 1.165) is 11.3 Å². The molecule has 0 aliphatic carbocycles. The first-order valence-corrected chi connectivity index (χ1v) is 11.5. The van der Waals surface area contributed by atoms with Crippen molar-refractivity contribution in [3.63, 3.8) is 0 Å². The highest BCUT2D eigenvalue weighted by atomic mass is 32.1. The number of aryl methyl sites for hydroxylation is 1. The molecule has 1 aliphatic rings. The second-order valence-corrected chi connectivity index (χ2v) is 9.59. The molecule has 1 aromatic carbocycles. The van der Waals surface area contributed by atoms with Gasteiger partial charge in [-0.25, -0.2) is 0 Å². The minimum absolute atomic E-state index is 0.0176. The van der Waals surface area contributed by atoms with Crippen molar-refractivity contribution in [3.8, 4) is 10.4 Å². The molecule has 3 heterocycles. The van der Waals surface area contributed by atoms with Gasteiger partial charge in [0.2, 0.25) is 5.91 Å². The lowest BCUT2D eigenvalue weighted by Gasteiger charge is -2.29. The zero-order valence-electron chi connectivity index (χ0n) is 18.1. The largest absolute Gasteiger partial charge is 0.353 e. The zero-order chi connectivity index (χ0) is 22.0. The van der Waals surface area contributed by atoms with Crippen molar-refractivity contribution < 1.29 is 9.59 Å². The van der Waals surface area contributed by atoms with Crippen LogP contribution in [0.2, 0.25) is 0 Å². The van der Waals surface area contributed by atoms with Crippen LogP contribution in [0.15, 0.2) is 48.0 Å². The normalized spacial score (nSPS) is 18.5. The van der Waals surface area contributed by atoms with Gasteiger partial charge < -0.3 is 10.2 Å². The van der Waals surface area contributed by atoms with Gasteiger partial charge in [0.1, 0.15) is 0 Å². The van der Waals surface area contributed by atoms with Crippen LogP contribution in [0, 0.1) is 12.3 Å². The summed E-state index contributed by atoms with van der Waals surface area (Å²) in [7, 11) is 0. The van der Waals surface area contributed by atoms with Crippen molar-refractivity contribution in [1.82, 2.24) is 20.4 Å². The minimum Gasteiger partial charge on any atom is -0.353 e. The van der Waals surface area contributed by atoms with Gasteiger partial charge in [0.05, 0.1) is 17.2 Å². The van der Waals surface area contributed by atoms with E-state index >= 15 is 0 Å². The third-order valence-electron chi connectivity index (χ3n) is 5.90. The number of benzene rings is 1. The molecule has 31 heavy (non-hydrogen) atoms. The van der Waals surface area contributed by atoms with E-state index in [1.807, 2.05) is 26.8 Å². The van der Waals surface area contributed by atoms with Crippen LogP contribution in [-0.4, -0.2) is 46.0 Å². The second-order valence-electron chi connectivity index (χ2n) is 8.64. The number of likely N-dealkylation sites (tertiary alicyclic amines) is 1. The number of hydrogen-bond acceptors (Lipinski definition) is 4. The maximum absolute atomic E-state index is 13.3. The molecule has 6 nitrogen and oxygen atoms in total. The maximum atomic E-state index is 13.3. The standard InChI is InChI=1S/C24H28N4O2S/c1-16(2)26-23(30)24(10-11-28(15-24)22(29)20-14-25-27-17(20)3)13-18-6-8-19(9-7-18)21-5-4-12-31-21/h4-9,12,14,16H,10-11,13,15H2,1-3H3,(H,25,27)(H,26,30)/t24-/m0/s1. The molecule has 2 amide bonds. The quantitative estimate of drug-likeness (QED) is 0.612. The Kier molecular flexibility index (Phi) is 5.96. The van der Waals surface area contributed by atoms with Crippen LogP contribution < -0.4 is 5.32 Å². The molecule has 1 saturated heterocycles. The van der Waals surface area contributed by atoms with E-state index in [0.29, 0.717) is 31.5 Å². The van der Waals surface area contributed by atoms with Crippen LogP contribution in [0.4, 0.5) is 0 Å². The number of thiophene rings is 1. The topological polar surface area (TPSA) is 78.1 Å². The lowest BCUT2D eigenvalue weighted by Crippen LogP contribution is -2.47. The van der Waals surface area contributed by atoms with E-state index in [1.54, 1.807) is 22.4 Å². The molecular weight excluding hydrogens is 408 g/mol. The molecule has 0 bridgehead atoms. The molecule has 162 valence electrons. The maximum Gasteiger partial charge on any atom is 0.257 e. The van der Waals surface area contributed by atoms with E-state index in [2.05, 4.69) is 51.2 Å². The molecule has 1 fully saturated rings. The Morgan fingerprint density at radius 2 is 2.03 bits per heavy atom. The van der Waals surface area contributed by atoms with Crippen molar-refractivity contribution in [2.24, 2.45) is 5.41 Å². The van der Waals surface area contributed by atoms with Crippen molar-refractivity contribution in [3.05, 3.63) is 64.8 Å². The second kappa shape index (κ2) is 8.67. The lowest BCUT2D eigenvalue weighted by molar-refractivity contribution is -0.130. The monoisotopic (exact) mass is 436 g/mol. The molecule has 1 atom stereocenters. The first kappa shape index (κ1) is 21.3. The van der Waals surface area contributed by atoms with Gasteiger partial charge in [0.25, 0.3) is 5.91 Å². The Morgan fingerprint density at radius 1 is 1.26 bits per heavy atom. The Bertz CT molecular complexity index is 1060. The van der Waals surface area contributed by atoms with Gasteiger partial charge in [-0.15, -0.1) is 11.3 Å². The van der Waals surface area contributed by atoms with E-state index in [1.165, 1.54) is 10.4 Å². The van der Waals surface area contributed by atoms with Gasteiger partial charge in [0.15, 0.2) is 0 Å². The highest BCUT2D eigenvalue weighted by Crippen LogP contribution is 2.36. The SMILES string of the molecule is Cc1[nH]ncc1C(=O)N1CC[C@@](Cc2ccc(-c3cccs3)cc2)(C(=O)NC(C)C)C1. The van der Waals surface area contributed by atoms with E-state index < -0.39 is 5.41 Å². The number of rotatable bonds is 6. The van der Waals surface area contributed by atoms with Crippen LogP contribution in [-0.2, 0) is 11.2 Å². The summed E-state index contributed by atoms with van der Waals surface area (Å²) in [5, 5.41) is 12.0. The minimum atomic E-state index is -0.637. The molecule has 0 spiro atoms. The summed E-state index contributed by atoms with van der Waals surface area (Å²) in [6, 6.07) is 12.6. The van der Waals surface area contributed by atoms with Gasteiger partial charge in [-0.3, -0.25) is 14.7 Å². The summed E-state index contributed by atoms with van der Waals surface area (Å²) in [4.78, 5) is 29.3. The summed E-state index contributed by atoms with van der Waals surface area (Å²) in [5.41, 5.74) is 2.96. The van der Waals surface area contributed by atoms with Gasteiger partial charge in [-0.1, -0.05) is 30.3 Å². The number of hydrogen-bond donors (Lipinski definition) is 2. The van der Waals surface area contributed by atoms with Crippen LogP contribution >= 0.6 is 11.3 Å². The molecule has 0 radical (unpaired) electrons. The zero-order valence-corrected chi connectivity index (χ0v) is 19.0. The van der Waals surface area contributed by atoms with Crippen LogP contribution in [0.3, 0.4) is 0 Å². The van der Waals surface area contributed by atoms with Gasteiger partial charge >= 0.3 is 0 Å². The number of H-pyrrole nitrogens is 1. The fourth-order valence-electron chi connectivity index (χ4n) is 4.23. The number of nitrogens with one attached hydrogen (secondary N) is 2. The fraction of sp³-hybridized carbons (Fsp3) is 0.375. The van der Waals surface area contributed by atoms with E-state index in [4.69, 9.17) is 0 Å². The number of nitrogens with zero attached hydrogens (tertiary/aromatic N) is 2. The predicted molar refractivity (Wildman–Crippen MR) is 123 cm³/mol. The highest BCUT2D eigenvalue weighted by Gasteiger charge is 2.46. The van der Waals surface area contributed by atoms with Crippen molar-refractivity contribution in [2.75, 3.05) is 13.1 Å². The molecule has 2 aromatic heterocycles. The highest BCUT2D eigenvalue weighted by molar-refractivity contribution is 7.13. The van der Waals surface area contributed by atoms with Crippen LogP contribution in [0.25, 0.3) is 10.4 Å². The molecule has 2 N–H and O–H groups in total. The van der Waals surface area contributed by atoms with Gasteiger partial charge in [-0.2, -0.15) is 5.10 Å². The Balaban J connectivity index is 1.57. The summed E-state index contributed by atoms with van der Waals surface area (Å²) >= 11 is 1.71. The number of aromatic amines is 1. The number of aromatic nitrogens is 2. The molecule has 0 saturated carbocycles. The third-order valence-corrected chi connectivity index (χ3v) is 6.82. The summed E-state index contributed by atoms with van der Waals surface area (Å²) < 4.78 is 0. The Morgan fingerprint density at radius 3 is 2.65 bits per heavy atom. The van der Waals surface area contributed by atoms with Crippen LogP contribution in [0.5, 0.6) is 0 Å².